The first kappa shape index (κ1) is 15.9. The van der Waals surface area contributed by atoms with Gasteiger partial charge in [0.25, 0.3) is 0 Å². The second-order valence-corrected chi connectivity index (χ2v) is 5.98. The van der Waals surface area contributed by atoms with Crippen molar-refractivity contribution in [1.29, 1.82) is 0 Å². The lowest BCUT2D eigenvalue weighted by atomic mass is 10.1. The first-order valence-electron chi connectivity index (χ1n) is 7.12. The van der Waals surface area contributed by atoms with Crippen molar-refractivity contribution in [3.05, 3.63) is 27.7 Å². The number of hydrogen-bond donors (Lipinski definition) is 1. The van der Waals surface area contributed by atoms with Crippen LogP contribution in [0.4, 0.5) is 0 Å². The number of rotatable bonds is 6. The molecule has 0 bridgehead atoms. The number of nitrogens with one attached hydrogen (secondary N) is 1. The fourth-order valence-electron chi connectivity index (χ4n) is 2.89. The van der Waals surface area contributed by atoms with Gasteiger partial charge in [0.15, 0.2) is 0 Å². The molecule has 0 saturated carbocycles. The van der Waals surface area contributed by atoms with E-state index < -0.39 is 0 Å². The summed E-state index contributed by atoms with van der Waals surface area (Å²) in [6.45, 7) is 6.27. The van der Waals surface area contributed by atoms with Crippen molar-refractivity contribution in [2.45, 2.75) is 32.4 Å². The predicted molar refractivity (Wildman–Crippen MR) is 85.0 cm³/mol. The Labute approximate surface area is 131 Å². The Kier molecular flexibility index (Phi) is 5.97. The largest absolute Gasteiger partial charge is 0.495 e. The van der Waals surface area contributed by atoms with E-state index in [0.29, 0.717) is 21.8 Å². The highest BCUT2D eigenvalue weighted by atomic mass is 35.5. The SMILES string of the molecule is CCN1CCCC1CNCc1cc(Cl)cc(Cl)c1OC. The Morgan fingerprint density at radius 3 is 2.90 bits per heavy atom. The van der Waals surface area contributed by atoms with Crippen LogP contribution in [-0.2, 0) is 6.54 Å². The van der Waals surface area contributed by atoms with Gasteiger partial charge >= 0.3 is 0 Å². The lowest BCUT2D eigenvalue weighted by Crippen LogP contribution is -2.37. The van der Waals surface area contributed by atoms with Gasteiger partial charge in [0.1, 0.15) is 5.75 Å². The first-order chi connectivity index (χ1) is 9.65. The molecule has 2 rings (SSSR count). The van der Waals surface area contributed by atoms with Gasteiger partial charge in [-0.15, -0.1) is 0 Å². The zero-order chi connectivity index (χ0) is 14.5. The lowest BCUT2D eigenvalue weighted by Gasteiger charge is -2.23. The summed E-state index contributed by atoms with van der Waals surface area (Å²) < 4.78 is 5.35. The van der Waals surface area contributed by atoms with E-state index in [2.05, 4.69) is 17.1 Å². The molecule has 1 aromatic carbocycles. The van der Waals surface area contributed by atoms with Gasteiger partial charge < -0.3 is 10.1 Å². The number of nitrogens with zero attached hydrogens (tertiary/aromatic N) is 1. The van der Waals surface area contributed by atoms with Crippen LogP contribution in [0.3, 0.4) is 0 Å². The van der Waals surface area contributed by atoms with E-state index in [9.17, 15) is 0 Å². The van der Waals surface area contributed by atoms with Crippen LogP contribution in [-0.4, -0.2) is 37.7 Å². The summed E-state index contributed by atoms with van der Waals surface area (Å²) in [7, 11) is 1.63. The number of benzene rings is 1. The molecule has 5 heteroatoms. The second-order valence-electron chi connectivity index (χ2n) is 5.14. The number of methoxy groups -OCH3 is 1. The van der Waals surface area contributed by atoms with Crippen LogP contribution in [0, 0.1) is 0 Å². The molecule has 1 heterocycles. The molecule has 1 unspecified atom stereocenters. The molecule has 0 spiro atoms. The smallest absolute Gasteiger partial charge is 0.142 e. The summed E-state index contributed by atoms with van der Waals surface area (Å²) in [6.07, 6.45) is 2.57. The summed E-state index contributed by atoms with van der Waals surface area (Å²) >= 11 is 12.2. The topological polar surface area (TPSA) is 24.5 Å². The average molecular weight is 317 g/mol. The molecule has 1 aliphatic heterocycles. The Morgan fingerprint density at radius 1 is 1.40 bits per heavy atom. The molecule has 112 valence electrons. The molecule has 1 saturated heterocycles. The van der Waals surface area contributed by atoms with Crippen LogP contribution >= 0.6 is 23.2 Å². The van der Waals surface area contributed by atoms with Crippen molar-refractivity contribution in [2.75, 3.05) is 26.7 Å². The number of likely N-dealkylation sites (N-methyl/N-ethyl adjacent to an activating group) is 1. The van der Waals surface area contributed by atoms with Crippen LogP contribution in [0.15, 0.2) is 12.1 Å². The average Bonchev–Trinajstić information content (AvgIpc) is 2.86. The quantitative estimate of drug-likeness (QED) is 0.868. The normalized spacial score (nSPS) is 19.5. The summed E-state index contributed by atoms with van der Waals surface area (Å²) in [5.41, 5.74) is 1.01. The molecule has 0 aliphatic carbocycles. The maximum atomic E-state index is 6.14. The molecule has 3 nitrogen and oxygen atoms in total. The zero-order valence-electron chi connectivity index (χ0n) is 12.1. The van der Waals surface area contributed by atoms with Crippen LogP contribution in [0.2, 0.25) is 10.0 Å². The number of ether oxygens (including phenoxy) is 1. The van der Waals surface area contributed by atoms with Crippen LogP contribution in [0.5, 0.6) is 5.75 Å². The fourth-order valence-corrected chi connectivity index (χ4v) is 3.50. The van der Waals surface area contributed by atoms with Gasteiger partial charge in [0.05, 0.1) is 12.1 Å². The van der Waals surface area contributed by atoms with Gasteiger partial charge in [0.2, 0.25) is 0 Å². The summed E-state index contributed by atoms with van der Waals surface area (Å²) in [4.78, 5) is 2.52. The fraction of sp³-hybridized carbons (Fsp3) is 0.600. The van der Waals surface area contributed by atoms with Crippen molar-refractivity contribution in [3.8, 4) is 5.75 Å². The molecule has 1 aromatic rings. The van der Waals surface area contributed by atoms with E-state index in [4.69, 9.17) is 27.9 Å². The minimum absolute atomic E-state index is 0.563. The van der Waals surface area contributed by atoms with Gasteiger partial charge in [-0.05, 0) is 38.1 Å². The highest BCUT2D eigenvalue weighted by molar-refractivity contribution is 6.35. The van der Waals surface area contributed by atoms with Gasteiger partial charge in [-0.3, -0.25) is 4.90 Å². The molecule has 1 fully saturated rings. The highest BCUT2D eigenvalue weighted by Crippen LogP contribution is 2.32. The van der Waals surface area contributed by atoms with Crippen LogP contribution in [0.1, 0.15) is 25.3 Å². The molecule has 0 aromatic heterocycles. The lowest BCUT2D eigenvalue weighted by molar-refractivity contribution is 0.259. The van der Waals surface area contributed by atoms with Gasteiger partial charge in [-0.2, -0.15) is 0 Å². The van der Waals surface area contributed by atoms with E-state index in [1.165, 1.54) is 19.4 Å². The van der Waals surface area contributed by atoms with Gasteiger partial charge in [-0.25, -0.2) is 0 Å². The third-order valence-corrected chi connectivity index (χ3v) is 4.39. The molecular weight excluding hydrogens is 295 g/mol. The molecule has 0 amide bonds. The minimum atomic E-state index is 0.563. The number of halogens is 2. The molecule has 1 aliphatic rings. The molecule has 20 heavy (non-hydrogen) atoms. The van der Waals surface area contributed by atoms with Gasteiger partial charge in [0, 0.05) is 29.7 Å². The third kappa shape index (κ3) is 3.79. The number of hydrogen-bond acceptors (Lipinski definition) is 3. The summed E-state index contributed by atoms with van der Waals surface area (Å²) in [5, 5.41) is 4.70. The number of likely N-dealkylation sites (tertiary alicyclic amines) is 1. The Morgan fingerprint density at radius 2 is 2.20 bits per heavy atom. The molecular formula is C15H22Cl2N2O. The Hall–Kier alpha value is -0.480. The third-order valence-electron chi connectivity index (χ3n) is 3.89. The van der Waals surface area contributed by atoms with Crippen LogP contribution in [0.25, 0.3) is 0 Å². The summed E-state index contributed by atoms with van der Waals surface area (Å²) in [6, 6.07) is 4.26. The molecule has 1 atom stereocenters. The van der Waals surface area contributed by atoms with Crippen molar-refractivity contribution >= 4 is 23.2 Å². The zero-order valence-corrected chi connectivity index (χ0v) is 13.6. The Bertz CT molecular complexity index is 454. The van der Waals surface area contributed by atoms with E-state index in [-0.39, 0.29) is 0 Å². The van der Waals surface area contributed by atoms with E-state index in [1.807, 2.05) is 6.07 Å². The van der Waals surface area contributed by atoms with Crippen molar-refractivity contribution < 1.29 is 4.74 Å². The van der Waals surface area contributed by atoms with Gasteiger partial charge in [-0.1, -0.05) is 30.1 Å². The van der Waals surface area contributed by atoms with E-state index in [1.54, 1.807) is 13.2 Å². The maximum Gasteiger partial charge on any atom is 0.142 e. The van der Waals surface area contributed by atoms with E-state index >= 15 is 0 Å². The summed E-state index contributed by atoms with van der Waals surface area (Å²) in [5.74, 6) is 0.710. The van der Waals surface area contributed by atoms with Crippen molar-refractivity contribution in [2.24, 2.45) is 0 Å². The van der Waals surface area contributed by atoms with Crippen molar-refractivity contribution in [1.82, 2.24) is 10.2 Å². The van der Waals surface area contributed by atoms with Crippen molar-refractivity contribution in [3.63, 3.8) is 0 Å². The second kappa shape index (κ2) is 7.51. The van der Waals surface area contributed by atoms with Crippen LogP contribution < -0.4 is 10.1 Å². The molecule has 0 radical (unpaired) electrons. The minimum Gasteiger partial charge on any atom is -0.495 e. The highest BCUT2D eigenvalue weighted by Gasteiger charge is 2.22. The molecule has 1 N–H and O–H groups in total. The Balaban J connectivity index is 1.94. The predicted octanol–water partition coefficient (Wildman–Crippen LogP) is 3.58. The van der Waals surface area contributed by atoms with E-state index in [0.717, 1.165) is 25.2 Å². The first-order valence-corrected chi connectivity index (χ1v) is 7.88. The monoisotopic (exact) mass is 316 g/mol. The maximum absolute atomic E-state index is 6.14. The standard InChI is InChI=1S/C15H22Cl2N2O/c1-3-19-6-4-5-13(19)10-18-9-11-7-12(16)8-14(17)15(11)20-2/h7-8,13,18H,3-6,9-10H2,1-2H3.